The molecule has 0 amide bonds. The molecule has 0 heterocycles. The third kappa shape index (κ3) is 5.73. The van der Waals surface area contributed by atoms with E-state index in [0.29, 0.717) is 0 Å². The fraction of sp³-hybridized carbons (Fsp3) is 0.471. The maximum absolute atomic E-state index is 12.0. The van der Waals surface area contributed by atoms with Gasteiger partial charge >= 0.3 is 23.7 Å². The van der Waals surface area contributed by atoms with Gasteiger partial charge in [-0.1, -0.05) is 19.7 Å². The number of hydrogen-bond acceptors (Lipinski definition) is 10. The average Bonchev–Trinajstić information content (AvgIpc) is 2.61. The molecule has 0 spiro atoms. The van der Waals surface area contributed by atoms with Crippen molar-refractivity contribution < 1.29 is 49.0 Å². The lowest BCUT2D eigenvalue weighted by molar-refractivity contribution is -0.418. The molecule has 0 aromatic carbocycles. The summed E-state index contributed by atoms with van der Waals surface area (Å²) in [4.78, 5) is 44.8. The molecule has 152 valence electrons. The van der Waals surface area contributed by atoms with Crippen molar-refractivity contribution in [2.45, 2.75) is 32.2 Å². The van der Waals surface area contributed by atoms with Crippen LogP contribution >= 0.6 is 0 Å². The molecule has 0 saturated heterocycles. The van der Waals surface area contributed by atoms with Crippen LogP contribution in [0.3, 0.4) is 0 Å². The Balaban J connectivity index is 6.23. The Bertz CT molecular complexity index is 602. The van der Waals surface area contributed by atoms with Crippen LogP contribution in [0.1, 0.15) is 20.8 Å². The second kappa shape index (κ2) is 9.97. The van der Waals surface area contributed by atoms with Crippen LogP contribution in [0.5, 0.6) is 0 Å². The summed E-state index contributed by atoms with van der Waals surface area (Å²) in [6.45, 7) is 10.1. The highest BCUT2D eigenvalue weighted by atomic mass is 17.2. The van der Waals surface area contributed by atoms with Gasteiger partial charge in [0.05, 0.1) is 13.2 Å². The fourth-order valence-corrected chi connectivity index (χ4v) is 1.48. The highest BCUT2D eigenvalue weighted by Gasteiger charge is 2.61. The van der Waals surface area contributed by atoms with Gasteiger partial charge in [-0.15, -0.1) is 0 Å². The van der Waals surface area contributed by atoms with Gasteiger partial charge in [0.1, 0.15) is 6.61 Å². The summed E-state index contributed by atoms with van der Waals surface area (Å²) in [6.07, 6.45) is 0. The highest BCUT2D eigenvalue weighted by molar-refractivity contribution is 5.89. The molecule has 0 fully saturated rings. The topological polar surface area (TPSA) is 149 Å². The van der Waals surface area contributed by atoms with Crippen LogP contribution in [-0.4, -0.2) is 64.4 Å². The van der Waals surface area contributed by atoms with Gasteiger partial charge in [-0.2, -0.15) is 4.89 Å². The summed E-state index contributed by atoms with van der Waals surface area (Å²) >= 11 is 0. The van der Waals surface area contributed by atoms with Gasteiger partial charge in [0.25, 0.3) is 0 Å². The van der Waals surface area contributed by atoms with E-state index in [4.69, 9.17) is 14.4 Å². The van der Waals surface area contributed by atoms with Crippen molar-refractivity contribution in [3.05, 3.63) is 36.5 Å². The van der Waals surface area contributed by atoms with Crippen molar-refractivity contribution in [3.63, 3.8) is 0 Å². The maximum atomic E-state index is 12.0. The van der Waals surface area contributed by atoms with Crippen molar-refractivity contribution in [1.82, 2.24) is 0 Å². The van der Waals surface area contributed by atoms with Crippen molar-refractivity contribution in [3.8, 4) is 0 Å². The first-order chi connectivity index (χ1) is 12.4. The molecule has 0 unspecified atom stereocenters. The molecular weight excluding hydrogens is 364 g/mol. The Morgan fingerprint density at radius 3 is 1.37 bits per heavy atom. The first-order valence-corrected chi connectivity index (χ1v) is 7.57. The van der Waals surface area contributed by atoms with E-state index in [2.05, 4.69) is 24.6 Å². The van der Waals surface area contributed by atoms with E-state index < -0.39 is 49.1 Å². The van der Waals surface area contributed by atoms with Crippen LogP contribution < -0.4 is 0 Å². The van der Waals surface area contributed by atoms with E-state index in [0.717, 1.165) is 0 Å². The Morgan fingerprint density at radius 1 is 0.741 bits per heavy atom. The zero-order valence-corrected chi connectivity index (χ0v) is 15.4. The third-order valence-corrected chi connectivity index (χ3v) is 3.25. The van der Waals surface area contributed by atoms with E-state index in [1.54, 1.807) is 0 Å². The minimum atomic E-state index is -2.81. The predicted molar refractivity (Wildman–Crippen MR) is 90.5 cm³/mol. The quantitative estimate of drug-likeness (QED) is 0.141. The van der Waals surface area contributed by atoms with Gasteiger partial charge in [-0.3, -0.25) is 4.89 Å². The second-order valence-electron chi connectivity index (χ2n) is 5.80. The molecule has 0 radical (unpaired) electrons. The van der Waals surface area contributed by atoms with Gasteiger partial charge in [0, 0.05) is 16.7 Å². The van der Waals surface area contributed by atoms with Crippen LogP contribution in [0, 0.1) is 0 Å². The van der Waals surface area contributed by atoms with Crippen LogP contribution in [0.15, 0.2) is 36.5 Å². The third-order valence-electron chi connectivity index (χ3n) is 3.25. The normalized spacial score (nSPS) is 11.3. The highest BCUT2D eigenvalue weighted by Crippen LogP contribution is 2.33. The first kappa shape index (κ1) is 24.5. The monoisotopic (exact) mass is 388 g/mol. The van der Waals surface area contributed by atoms with Crippen molar-refractivity contribution in [2.75, 3.05) is 19.8 Å². The van der Waals surface area contributed by atoms with Gasteiger partial charge < -0.3 is 24.8 Å². The number of carbonyl (C=O) groups excluding carboxylic acids is 3. The molecule has 10 heteroatoms. The number of ether oxygens (including phenoxy) is 2. The van der Waals surface area contributed by atoms with E-state index in [9.17, 15) is 29.7 Å². The summed E-state index contributed by atoms with van der Waals surface area (Å²) in [5.74, 6) is -6.21. The molecule has 0 aromatic heterocycles. The lowest BCUT2D eigenvalue weighted by atomic mass is 9.94. The van der Waals surface area contributed by atoms with Crippen molar-refractivity contribution >= 4 is 17.9 Å². The Labute approximate surface area is 156 Å². The van der Waals surface area contributed by atoms with Gasteiger partial charge in [0.2, 0.25) is 5.60 Å². The van der Waals surface area contributed by atoms with Crippen molar-refractivity contribution in [2.24, 2.45) is 0 Å². The Kier molecular flexibility index (Phi) is 9.04. The Morgan fingerprint density at radius 2 is 1.11 bits per heavy atom. The largest absolute Gasteiger partial charge is 0.413 e. The number of aliphatic hydroxyl groups excluding tert-OH is 3. The fourth-order valence-electron chi connectivity index (χ4n) is 1.48. The van der Waals surface area contributed by atoms with Gasteiger partial charge in [-0.05, 0) is 20.8 Å². The molecule has 0 rings (SSSR count). The van der Waals surface area contributed by atoms with Gasteiger partial charge in [-0.25, -0.2) is 14.4 Å². The number of hydrogen-bond donors (Lipinski definition) is 3. The summed E-state index contributed by atoms with van der Waals surface area (Å²) in [7, 11) is 0. The minimum Gasteiger partial charge on any atom is -0.413 e. The summed E-state index contributed by atoms with van der Waals surface area (Å²) < 4.78 is 9.96. The lowest BCUT2D eigenvalue weighted by Crippen LogP contribution is -2.67. The van der Waals surface area contributed by atoms with E-state index in [1.165, 1.54) is 20.8 Å². The molecule has 0 saturated carbocycles. The van der Waals surface area contributed by atoms with Gasteiger partial charge in [0.15, 0.2) is 0 Å². The van der Waals surface area contributed by atoms with E-state index in [-0.39, 0.29) is 16.7 Å². The second-order valence-corrected chi connectivity index (χ2v) is 5.80. The number of carbonyl (C=O) groups is 3. The first-order valence-electron chi connectivity index (χ1n) is 7.57. The Hall–Kier alpha value is -2.53. The smallest absolute Gasteiger partial charge is 0.368 e. The molecule has 0 aliphatic carbocycles. The number of rotatable bonds is 11. The molecule has 0 atom stereocenters. The molecule has 0 aromatic rings. The SMILES string of the molecule is C=C(C)C(=O)OOC(CO)(CO)C(CO)(OC(=O)C(=C)C)OC(=O)C(=C)C. The van der Waals surface area contributed by atoms with E-state index >= 15 is 0 Å². The van der Waals surface area contributed by atoms with Crippen LogP contribution in [0.2, 0.25) is 0 Å². The summed E-state index contributed by atoms with van der Waals surface area (Å²) in [5.41, 5.74) is -3.03. The standard InChI is InChI=1S/C17H24O10/c1-10(2)13(21)24-17(9-20,25-14(22)11(3)4)16(7-18,8-19)27-26-15(23)12(5)6/h18-20H,1,3,5,7-9H2,2,4,6H3. The average molecular weight is 388 g/mol. The molecule has 27 heavy (non-hydrogen) atoms. The van der Waals surface area contributed by atoms with Crippen LogP contribution in [0.4, 0.5) is 0 Å². The molecule has 0 aliphatic rings. The zero-order chi connectivity index (χ0) is 21.4. The summed E-state index contributed by atoms with van der Waals surface area (Å²) in [5, 5.41) is 29.4. The maximum Gasteiger partial charge on any atom is 0.368 e. The zero-order valence-electron chi connectivity index (χ0n) is 15.4. The lowest BCUT2D eigenvalue weighted by Gasteiger charge is -2.43. The van der Waals surface area contributed by atoms with E-state index in [1.807, 2.05) is 0 Å². The minimum absolute atomic E-state index is 0.104. The molecule has 0 aliphatic heterocycles. The number of aliphatic hydroxyl groups is 3. The molecule has 10 nitrogen and oxygen atoms in total. The predicted octanol–water partition coefficient (Wildman–Crippen LogP) is -0.312. The molecule has 3 N–H and O–H groups in total. The summed E-state index contributed by atoms with van der Waals surface area (Å²) in [6, 6.07) is 0. The van der Waals surface area contributed by atoms with Crippen LogP contribution in [-0.2, 0) is 33.6 Å². The number of esters is 2. The molecule has 0 bridgehead atoms. The van der Waals surface area contributed by atoms with Crippen LogP contribution in [0.25, 0.3) is 0 Å². The van der Waals surface area contributed by atoms with Crippen molar-refractivity contribution in [1.29, 1.82) is 0 Å². The molecular formula is C17H24O10.